The van der Waals surface area contributed by atoms with Crippen molar-refractivity contribution in [1.29, 1.82) is 0 Å². The van der Waals surface area contributed by atoms with E-state index < -0.39 is 5.97 Å². The normalized spacial score (nSPS) is 20.9. The van der Waals surface area contributed by atoms with Gasteiger partial charge in [0.25, 0.3) is 0 Å². The zero-order valence-corrected chi connectivity index (χ0v) is 15.6. The van der Waals surface area contributed by atoms with Gasteiger partial charge in [0.1, 0.15) is 0 Å². The second-order valence-corrected chi connectivity index (χ2v) is 7.32. The molecule has 7 heteroatoms. The van der Waals surface area contributed by atoms with Gasteiger partial charge >= 0.3 is 5.97 Å². The number of anilines is 1. The van der Waals surface area contributed by atoms with Crippen LogP contribution >= 0.6 is 11.6 Å². The first kappa shape index (κ1) is 18.7. The highest BCUT2D eigenvalue weighted by molar-refractivity contribution is 6.33. The second kappa shape index (κ2) is 8.08. The number of carbonyl (C=O) groups excluding carboxylic acids is 3. The largest absolute Gasteiger partial charge is 0.465 e. The summed E-state index contributed by atoms with van der Waals surface area (Å²) >= 11 is 5.99. The topological polar surface area (TPSA) is 75.7 Å². The molecule has 2 fully saturated rings. The van der Waals surface area contributed by atoms with Crippen LogP contribution in [0.25, 0.3) is 0 Å². The maximum atomic E-state index is 12.6. The molecule has 1 unspecified atom stereocenters. The number of nitrogens with zero attached hydrogens (tertiary/aromatic N) is 1. The van der Waals surface area contributed by atoms with E-state index in [1.165, 1.54) is 25.7 Å². The van der Waals surface area contributed by atoms with Crippen molar-refractivity contribution in [2.24, 2.45) is 5.92 Å². The first-order valence-corrected chi connectivity index (χ1v) is 9.35. The highest BCUT2D eigenvalue weighted by atomic mass is 35.5. The van der Waals surface area contributed by atoms with Gasteiger partial charge in [-0.1, -0.05) is 30.9 Å². The Kier molecular flexibility index (Phi) is 5.81. The lowest BCUT2D eigenvalue weighted by atomic mass is 9.94. The van der Waals surface area contributed by atoms with Gasteiger partial charge in [0.2, 0.25) is 11.8 Å². The van der Waals surface area contributed by atoms with Gasteiger partial charge in [0.15, 0.2) is 0 Å². The van der Waals surface area contributed by atoms with Gasteiger partial charge in [0, 0.05) is 24.7 Å². The number of hydrogen-bond donors (Lipinski definition) is 1. The number of likely N-dealkylation sites (tertiary alicyclic amines) is 1. The SMILES string of the molecule is COC(=O)c1cc(NC(=O)C2CC(=O)N(C3CCCCC3)C2)ccc1Cl. The number of amides is 2. The van der Waals surface area contributed by atoms with Crippen LogP contribution in [-0.2, 0) is 14.3 Å². The van der Waals surface area contributed by atoms with E-state index in [1.807, 2.05) is 4.90 Å². The van der Waals surface area contributed by atoms with E-state index in [0.717, 1.165) is 25.7 Å². The minimum atomic E-state index is -0.564. The second-order valence-electron chi connectivity index (χ2n) is 6.91. The molecule has 1 N–H and O–H groups in total. The summed E-state index contributed by atoms with van der Waals surface area (Å²) in [6.45, 7) is 0.465. The molecule has 1 atom stereocenters. The van der Waals surface area contributed by atoms with Crippen molar-refractivity contribution >= 4 is 35.1 Å². The van der Waals surface area contributed by atoms with E-state index >= 15 is 0 Å². The van der Waals surface area contributed by atoms with Crippen molar-refractivity contribution in [2.45, 2.75) is 44.6 Å². The Bertz CT molecular complexity index is 715. The monoisotopic (exact) mass is 378 g/mol. The van der Waals surface area contributed by atoms with Crippen LogP contribution in [0.5, 0.6) is 0 Å². The third-order valence-electron chi connectivity index (χ3n) is 5.18. The zero-order chi connectivity index (χ0) is 18.7. The molecule has 1 saturated heterocycles. The molecule has 1 saturated carbocycles. The third-order valence-corrected chi connectivity index (χ3v) is 5.51. The lowest BCUT2D eigenvalue weighted by Crippen LogP contribution is -2.38. The summed E-state index contributed by atoms with van der Waals surface area (Å²) in [5.41, 5.74) is 0.654. The maximum absolute atomic E-state index is 12.6. The van der Waals surface area contributed by atoms with Gasteiger partial charge in [-0.3, -0.25) is 9.59 Å². The first-order chi connectivity index (χ1) is 12.5. The molecule has 0 bridgehead atoms. The number of esters is 1. The zero-order valence-electron chi connectivity index (χ0n) is 14.8. The van der Waals surface area contributed by atoms with Crippen LogP contribution in [0.1, 0.15) is 48.9 Å². The minimum Gasteiger partial charge on any atom is -0.465 e. The number of hydrogen-bond acceptors (Lipinski definition) is 4. The summed E-state index contributed by atoms with van der Waals surface area (Å²) in [7, 11) is 1.27. The molecule has 2 amide bonds. The molecule has 3 rings (SSSR count). The number of ether oxygens (including phenoxy) is 1. The van der Waals surface area contributed by atoms with Crippen molar-refractivity contribution in [2.75, 3.05) is 19.0 Å². The maximum Gasteiger partial charge on any atom is 0.339 e. The standard InChI is InChI=1S/C19H23ClN2O4/c1-26-19(25)15-10-13(7-8-16(15)20)21-18(24)12-9-17(23)22(11-12)14-5-3-2-4-6-14/h7-8,10,12,14H,2-6,9,11H2,1H3,(H,21,24). The first-order valence-electron chi connectivity index (χ1n) is 8.98. The summed E-state index contributed by atoms with van der Waals surface area (Å²) in [6, 6.07) is 4.93. The predicted octanol–water partition coefficient (Wildman–Crippen LogP) is 3.25. The van der Waals surface area contributed by atoms with E-state index in [4.69, 9.17) is 11.6 Å². The molecule has 1 aliphatic carbocycles. The molecule has 6 nitrogen and oxygen atoms in total. The lowest BCUT2D eigenvalue weighted by Gasteiger charge is -2.31. The quantitative estimate of drug-likeness (QED) is 0.816. The molecule has 1 aromatic carbocycles. The van der Waals surface area contributed by atoms with Crippen molar-refractivity contribution in [3.8, 4) is 0 Å². The molecule has 26 heavy (non-hydrogen) atoms. The van der Waals surface area contributed by atoms with Crippen LogP contribution in [0.4, 0.5) is 5.69 Å². The van der Waals surface area contributed by atoms with Crippen molar-refractivity contribution < 1.29 is 19.1 Å². The molecule has 1 heterocycles. The summed E-state index contributed by atoms with van der Waals surface area (Å²) in [4.78, 5) is 38.5. The Morgan fingerprint density at radius 3 is 2.65 bits per heavy atom. The highest BCUT2D eigenvalue weighted by Crippen LogP contribution is 2.29. The van der Waals surface area contributed by atoms with Gasteiger partial charge in [-0.05, 0) is 31.0 Å². The Balaban J connectivity index is 1.65. The molecule has 140 valence electrons. The fourth-order valence-corrected chi connectivity index (χ4v) is 3.96. The minimum absolute atomic E-state index is 0.0587. The van der Waals surface area contributed by atoms with Gasteiger partial charge < -0.3 is 15.0 Å². The van der Waals surface area contributed by atoms with Crippen molar-refractivity contribution in [3.63, 3.8) is 0 Å². The number of benzene rings is 1. The van der Waals surface area contributed by atoms with Crippen LogP contribution in [0.15, 0.2) is 18.2 Å². The van der Waals surface area contributed by atoms with E-state index in [1.54, 1.807) is 6.07 Å². The summed E-state index contributed by atoms with van der Waals surface area (Å²) < 4.78 is 4.68. The number of halogens is 1. The molecular weight excluding hydrogens is 356 g/mol. The summed E-state index contributed by atoms with van der Waals surface area (Å²) in [5.74, 6) is -1.09. The molecule has 1 aliphatic heterocycles. The van der Waals surface area contributed by atoms with Gasteiger partial charge in [-0.15, -0.1) is 0 Å². The average molecular weight is 379 g/mol. The molecule has 0 aromatic heterocycles. The van der Waals surface area contributed by atoms with Gasteiger partial charge in [-0.25, -0.2) is 4.79 Å². The smallest absolute Gasteiger partial charge is 0.339 e. The Morgan fingerprint density at radius 1 is 1.23 bits per heavy atom. The van der Waals surface area contributed by atoms with Crippen molar-refractivity contribution in [1.82, 2.24) is 4.90 Å². The molecule has 2 aliphatic rings. The highest BCUT2D eigenvalue weighted by Gasteiger charge is 2.38. The molecule has 0 spiro atoms. The van der Waals surface area contributed by atoms with Crippen LogP contribution < -0.4 is 5.32 Å². The number of carbonyl (C=O) groups is 3. The summed E-state index contributed by atoms with van der Waals surface area (Å²) in [5, 5.41) is 3.05. The number of nitrogens with one attached hydrogen (secondary N) is 1. The van der Waals surface area contributed by atoms with Crippen LogP contribution in [0.2, 0.25) is 5.02 Å². The van der Waals surface area contributed by atoms with Crippen LogP contribution in [0, 0.1) is 5.92 Å². The lowest BCUT2D eigenvalue weighted by molar-refractivity contribution is -0.130. The Hall–Kier alpha value is -2.08. The van der Waals surface area contributed by atoms with Crippen LogP contribution in [0.3, 0.4) is 0 Å². The average Bonchev–Trinajstić information content (AvgIpc) is 3.05. The van der Waals surface area contributed by atoms with E-state index in [0.29, 0.717) is 12.2 Å². The Labute approximate surface area is 157 Å². The molecule has 1 aromatic rings. The van der Waals surface area contributed by atoms with E-state index in [-0.39, 0.29) is 40.8 Å². The predicted molar refractivity (Wildman–Crippen MR) is 98.1 cm³/mol. The molecular formula is C19H23ClN2O4. The fraction of sp³-hybridized carbons (Fsp3) is 0.526. The Morgan fingerprint density at radius 2 is 1.96 bits per heavy atom. The van der Waals surface area contributed by atoms with E-state index in [9.17, 15) is 14.4 Å². The van der Waals surface area contributed by atoms with E-state index in [2.05, 4.69) is 10.1 Å². The third kappa shape index (κ3) is 4.01. The fourth-order valence-electron chi connectivity index (χ4n) is 3.77. The van der Waals surface area contributed by atoms with Gasteiger partial charge in [-0.2, -0.15) is 0 Å². The summed E-state index contributed by atoms with van der Waals surface area (Å²) in [6.07, 6.45) is 5.81. The van der Waals surface area contributed by atoms with Crippen LogP contribution in [-0.4, -0.2) is 42.4 Å². The van der Waals surface area contributed by atoms with Crippen molar-refractivity contribution in [3.05, 3.63) is 28.8 Å². The molecule has 0 radical (unpaired) electrons. The van der Waals surface area contributed by atoms with Gasteiger partial charge in [0.05, 0.1) is 23.6 Å². The number of methoxy groups -OCH3 is 1. The number of rotatable bonds is 4.